The van der Waals surface area contributed by atoms with E-state index in [-0.39, 0.29) is 5.91 Å². The van der Waals surface area contributed by atoms with Crippen molar-refractivity contribution in [1.82, 2.24) is 9.80 Å². The van der Waals surface area contributed by atoms with Gasteiger partial charge in [0.2, 0.25) is 5.91 Å². The lowest BCUT2D eigenvalue weighted by molar-refractivity contribution is -0.130. The first kappa shape index (κ1) is 20.6. The highest BCUT2D eigenvalue weighted by molar-refractivity contribution is 5.75. The quantitative estimate of drug-likeness (QED) is 0.649. The van der Waals surface area contributed by atoms with Crippen LogP contribution in [0.2, 0.25) is 0 Å². The fourth-order valence-corrected chi connectivity index (χ4v) is 4.20. The summed E-state index contributed by atoms with van der Waals surface area (Å²) in [4.78, 5) is 16.9. The molecule has 1 aliphatic heterocycles. The van der Waals surface area contributed by atoms with Gasteiger partial charge in [0.05, 0.1) is 0 Å². The van der Waals surface area contributed by atoms with E-state index in [2.05, 4.69) is 54.3 Å². The molecule has 1 amide bonds. The van der Waals surface area contributed by atoms with Gasteiger partial charge >= 0.3 is 0 Å². The van der Waals surface area contributed by atoms with E-state index in [9.17, 15) is 4.79 Å². The third-order valence-electron chi connectivity index (χ3n) is 6.06. The molecule has 1 unspecified atom stereocenters. The molecule has 0 bridgehead atoms. The van der Waals surface area contributed by atoms with Gasteiger partial charge in [0.25, 0.3) is 0 Å². The van der Waals surface area contributed by atoms with Gasteiger partial charge in [-0.05, 0) is 55.3 Å². The van der Waals surface area contributed by atoms with Crippen LogP contribution in [0, 0.1) is 5.92 Å². The third-order valence-corrected chi connectivity index (χ3v) is 6.06. The maximum absolute atomic E-state index is 12.5. The van der Waals surface area contributed by atoms with Gasteiger partial charge in [0.15, 0.2) is 0 Å². The number of carbonyl (C=O) groups is 1. The molecule has 0 radical (unpaired) electrons. The molecule has 2 aromatic carbocycles. The molecule has 0 saturated carbocycles. The zero-order valence-electron chi connectivity index (χ0n) is 17.4. The van der Waals surface area contributed by atoms with Crippen LogP contribution in [0.4, 0.5) is 0 Å². The lowest BCUT2D eigenvalue weighted by Gasteiger charge is -2.33. The third kappa shape index (κ3) is 6.20. The minimum absolute atomic E-state index is 0.268. The van der Waals surface area contributed by atoms with Crippen molar-refractivity contribution in [2.24, 2.45) is 5.92 Å². The van der Waals surface area contributed by atoms with E-state index in [1.165, 1.54) is 24.0 Å². The monoisotopic (exact) mass is 378 g/mol. The normalized spacial score (nSPS) is 16.6. The second kappa shape index (κ2) is 10.4. The average Bonchev–Trinajstić information content (AvgIpc) is 2.74. The van der Waals surface area contributed by atoms with Crippen LogP contribution in [0.3, 0.4) is 0 Å². The van der Waals surface area contributed by atoms with Crippen LogP contribution in [-0.4, -0.2) is 42.4 Å². The van der Waals surface area contributed by atoms with Crippen molar-refractivity contribution >= 4 is 5.91 Å². The Labute approximate surface area is 170 Å². The molecule has 1 aliphatic rings. The molecule has 3 nitrogen and oxygen atoms in total. The van der Waals surface area contributed by atoms with Crippen molar-refractivity contribution in [1.29, 1.82) is 0 Å². The van der Waals surface area contributed by atoms with Crippen molar-refractivity contribution in [2.45, 2.75) is 45.1 Å². The molecule has 1 atom stereocenters. The second-order valence-electron chi connectivity index (χ2n) is 8.33. The van der Waals surface area contributed by atoms with Gasteiger partial charge in [-0.25, -0.2) is 0 Å². The van der Waals surface area contributed by atoms with E-state index in [0.29, 0.717) is 24.8 Å². The number of benzene rings is 2. The largest absolute Gasteiger partial charge is 0.341 e. The fourth-order valence-electron chi connectivity index (χ4n) is 4.20. The Balaban J connectivity index is 1.35. The zero-order valence-corrected chi connectivity index (χ0v) is 17.4. The molecule has 0 aromatic heterocycles. The predicted molar refractivity (Wildman–Crippen MR) is 116 cm³/mol. The number of amides is 1. The first-order chi connectivity index (χ1) is 13.6. The predicted octanol–water partition coefficient (Wildman–Crippen LogP) is 4.94. The van der Waals surface area contributed by atoms with Gasteiger partial charge in [0.1, 0.15) is 0 Å². The summed E-state index contributed by atoms with van der Waals surface area (Å²) in [5.41, 5.74) is 2.62. The van der Waals surface area contributed by atoms with Crippen LogP contribution in [0.15, 0.2) is 60.7 Å². The van der Waals surface area contributed by atoms with E-state index in [0.717, 1.165) is 26.1 Å². The van der Waals surface area contributed by atoms with Crippen LogP contribution in [0.5, 0.6) is 0 Å². The first-order valence-corrected chi connectivity index (χ1v) is 10.7. The Bertz CT molecular complexity index is 708. The summed E-state index contributed by atoms with van der Waals surface area (Å²) >= 11 is 0. The smallest absolute Gasteiger partial charge is 0.222 e. The summed E-state index contributed by atoms with van der Waals surface area (Å²) in [5.74, 6) is 1.53. The highest BCUT2D eigenvalue weighted by Crippen LogP contribution is 2.25. The van der Waals surface area contributed by atoms with E-state index in [1.807, 2.05) is 30.1 Å². The van der Waals surface area contributed by atoms with Crippen molar-refractivity contribution in [2.75, 3.05) is 26.7 Å². The maximum Gasteiger partial charge on any atom is 0.222 e. The molecule has 3 rings (SSSR count). The van der Waals surface area contributed by atoms with Gasteiger partial charge in [0, 0.05) is 26.6 Å². The number of hydrogen-bond donors (Lipinski definition) is 0. The van der Waals surface area contributed by atoms with E-state index < -0.39 is 0 Å². The Hall–Kier alpha value is -2.13. The minimum atomic E-state index is 0.268. The Morgan fingerprint density at radius 1 is 1.04 bits per heavy atom. The number of hydrogen-bond acceptors (Lipinski definition) is 2. The summed E-state index contributed by atoms with van der Waals surface area (Å²) in [6.45, 7) is 6.49. The van der Waals surface area contributed by atoms with E-state index in [1.54, 1.807) is 0 Å². The van der Waals surface area contributed by atoms with E-state index in [4.69, 9.17) is 0 Å². The van der Waals surface area contributed by atoms with Gasteiger partial charge in [-0.3, -0.25) is 4.79 Å². The van der Waals surface area contributed by atoms with Gasteiger partial charge in [-0.2, -0.15) is 0 Å². The topological polar surface area (TPSA) is 23.6 Å². The van der Waals surface area contributed by atoms with Crippen LogP contribution in [-0.2, 0) is 11.3 Å². The SMILES string of the molecule is CC(CN1CCC(CCC(=O)N(C)Cc2ccccc2)CC1)c1ccccc1. The van der Waals surface area contributed by atoms with Crippen molar-refractivity contribution in [3.8, 4) is 0 Å². The molecule has 0 spiro atoms. The molecule has 0 aliphatic carbocycles. The maximum atomic E-state index is 12.5. The highest BCUT2D eigenvalue weighted by atomic mass is 16.2. The first-order valence-electron chi connectivity index (χ1n) is 10.7. The summed E-state index contributed by atoms with van der Waals surface area (Å²) in [6.07, 6.45) is 4.14. The Morgan fingerprint density at radius 2 is 1.64 bits per heavy atom. The highest BCUT2D eigenvalue weighted by Gasteiger charge is 2.22. The second-order valence-corrected chi connectivity index (χ2v) is 8.33. The van der Waals surface area contributed by atoms with Crippen LogP contribution < -0.4 is 0 Å². The fraction of sp³-hybridized carbons (Fsp3) is 0.480. The van der Waals surface area contributed by atoms with Gasteiger partial charge < -0.3 is 9.80 Å². The Kier molecular flexibility index (Phi) is 7.67. The molecule has 1 heterocycles. The number of piperidine rings is 1. The standard InChI is InChI=1S/C25H34N2O/c1-21(24-11-7-4-8-12-24)19-27-17-15-22(16-18-27)13-14-25(28)26(2)20-23-9-5-3-6-10-23/h3-12,21-22H,13-20H2,1-2H3. The summed E-state index contributed by atoms with van der Waals surface area (Å²) < 4.78 is 0. The number of nitrogens with zero attached hydrogens (tertiary/aromatic N) is 2. The lowest BCUT2D eigenvalue weighted by Crippen LogP contribution is -2.36. The molecule has 150 valence electrons. The molecular weight excluding hydrogens is 344 g/mol. The summed E-state index contributed by atoms with van der Waals surface area (Å²) in [5, 5.41) is 0. The van der Waals surface area contributed by atoms with E-state index >= 15 is 0 Å². The number of rotatable bonds is 8. The van der Waals surface area contributed by atoms with Crippen LogP contribution in [0.1, 0.15) is 49.7 Å². The molecule has 1 fully saturated rings. The van der Waals surface area contributed by atoms with Crippen molar-refractivity contribution in [3.05, 3.63) is 71.8 Å². The van der Waals surface area contributed by atoms with Crippen LogP contribution >= 0.6 is 0 Å². The zero-order chi connectivity index (χ0) is 19.8. The lowest BCUT2D eigenvalue weighted by atomic mass is 9.91. The molecule has 3 heteroatoms. The van der Waals surface area contributed by atoms with Gasteiger partial charge in [-0.15, -0.1) is 0 Å². The molecular formula is C25H34N2O. The summed E-state index contributed by atoms with van der Waals surface area (Å²) in [7, 11) is 1.92. The van der Waals surface area contributed by atoms with Gasteiger partial charge in [-0.1, -0.05) is 67.6 Å². The molecule has 28 heavy (non-hydrogen) atoms. The number of carbonyl (C=O) groups excluding carboxylic acids is 1. The average molecular weight is 379 g/mol. The minimum Gasteiger partial charge on any atom is -0.341 e. The summed E-state index contributed by atoms with van der Waals surface area (Å²) in [6, 6.07) is 21.0. The van der Waals surface area contributed by atoms with Crippen LogP contribution in [0.25, 0.3) is 0 Å². The Morgan fingerprint density at radius 3 is 2.29 bits per heavy atom. The molecule has 1 saturated heterocycles. The van der Waals surface area contributed by atoms with Crippen molar-refractivity contribution in [3.63, 3.8) is 0 Å². The number of likely N-dealkylation sites (tertiary alicyclic amines) is 1. The molecule has 2 aromatic rings. The molecule has 0 N–H and O–H groups in total. The van der Waals surface area contributed by atoms with Crippen molar-refractivity contribution < 1.29 is 4.79 Å².